The van der Waals surface area contributed by atoms with Crippen molar-refractivity contribution >= 4 is 0 Å². The Morgan fingerprint density at radius 2 is 1.58 bits per heavy atom. The molecule has 2 N–H and O–H groups in total. The Balaban J connectivity index is 2.47. The van der Waals surface area contributed by atoms with E-state index in [1.165, 1.54) is 38.5 Å². The molecule has 1 aliphatic rings. The van der Waals surface area contributed by atoms with Gasteiger partial charge in [0.05, 0.1) is 0 Å². The molecule has 1 saturated carbocycles. The van der Waals surface area contributed by atoms with Crippen LogP contribution in [0.5, 0.6) is 0 Å². The fourth-order valence-electron chi connectivity index (χ4n) is 2.23. The average molecular weight is 169 g/mol. The molecule has 0 aliphatic heterocycles. The maximum absolute atomic E-state index is 5.79. The lowest BCUT2D eigenvalue weighted by atomic mass is 9.75. The highest BCUT2D eigenvalue weighted by Crippen LogP contribution is 2.36. The van der Waals surface area contributed by atoms with Crippen LogP contribution < -0.4 is 5.73 Å². The van der Waals surface area contributed by atoms with Crippen molar-refractivity contribution in [2.75, 3.05) is 6.54 Å². The van der Waals surface area contributed by atoms with Crippen LogP contribution in [0.1, 0.15) is 52.4 Å². The van der Waals surface area contributed by atoms with Gasteiger partial charge in [-0.1, -0.05) is 39.5 Å². The summed E-state index contributed by atoms with van der Waals surface area (Å²) in [6, 6.07) is 0. The zero-order valence-electron chi connectivity index (χ0n) is 8.60. The lowest BCUT2D eigenvalue weighted by Gasteiger charge is -2.32. The van der Waals surface area contributed by atoms with Crippen molar-refractivity contribution in [3.05, 3.63) is 0 Å². The summed E-state index contributed by atoms with van der Waals surface area (Å²) in [5.74, 6) is 0.880. The van der Waals surface area contributed by atoms with E-state index in [9.17, 15) is 0 Å². The normalized spacial score (nSPS) is 22.2. The molecule has 0 saturated heterocycles. The molecule has 0 unspecified atom stereocenters. The highest BCUT2D eigenvalue weighted by molar-refractivity contribution is 4.80. The van der Waals surface area contributed by atoms with Crippen LogP contribution in [0.4, 0.5) is 0 Å². The van der Waals surface area contributed by atoms with E-state index in [1.807, 2.05) is 0 Å². The van der Waals surface area contributed by atoms with Crippen LogP contribution in [0.2, 0.25) is 0 Å². The minimum Gasteiger partial charge on any atom is -0.330 e. The van der Waals surface area contributed by atoms with E-state index in [4.69, 9.17) is 5.73 Å². The second-order valence-electron chi connectivity index (χ2n) is 4.88. The molecule has 0 bridgehead atoms. The van der Waals surface area contributed by atoms with Crippen LogP contribution in [0, 0.1) is 11.3 Å². The van der Waals surface area contributed by atoms with Gasteiger partial charge in [-0.25, -0.2) is 0 Å². The average Bonchev–Trinajstić information content (AvgIpc) is 2.32. The number of nitrogens with two attached hydrogens (primary N) is 1. The monoisotopic (exact) mass is 169 g/mol. The second kappa shape index (κ2) is 4.27. The van der Waals surface area contributed by atoms with E-state index in [-0.39, 0.29) is 0 Å². The summed E-state index contributed by atoms with van der Waals surface area (Å²) in [5.41, 5.74) is 6.17. The fraction of sp³-hybridized carbons (Fsp3) is 1.00. The molecule has 0 aromatic rings. The Labute approximate surface area is 76.7 Å². The van der Waals surface area contributed by atoms with Crippen molar-refractivity contribution < 1.29 is 0 Å². The molecular formula is C11H23N. The zero-order chi connectivity index (χ0) is 9.03. The summed E-state index contributed by atoms with van der Waals surface area (Å²) in [6.45, 7) is 5.49. The topological polar surface area (TPSA) is 26.0 Å². The van der Waals surface area contributed by atoms with Gasteiger partial charge in [0.15, 0.2) is 0 Å². The first-order chi connectivity index (χ1) is 5.67. The Morgan fingerprint density at radius 1 is 1.08 bits per heavy atom. The Hall–Kier alpha value is -0.0400. The predicted molar refractivity (Wildman–Crippen MR) is 54.0 cm³/mol. The quantitative estimate of drug-likeness (QED) is 0.632. The standard InChI is InChI=1S/C11H23N/c1-11(2,9-12)10-7-5-3-4-6-8-10/h10H,3-9,12H2,1-2H3. The SMILES string of the molecule is CC(C)(CN)C1CCCCCC1. The maximum Gasteiger partial charge on any atom is -0.00232 e. The number of hydrogen-bond acceptors (Lipinski definition) is 1. The fourth-order valence-corrected chi connectivity index (χ4v) is 2.23. The number of rotatable bonds is 2. The molecule has 1 fully saturated rings. The van der Waals surface area contributed by atoms with Crippen molar-refractivity contribution in [2.24, 2.45) is 17.1 Å². The maximum atomic E-state index is 5.79. The summed E-state index contributed by atoms with van der Waals surface area (Å²) >= 11 is 0. The van der Waals surface area contributed by atoms with E-state index >= 15 is 0 Å². The third kappa shape index (κ3) is 2.48. The molecule has 0 spiro atoms. The minimum absolute atomic E-state index is 0.379. The Morgan fingerprint density at radius 3 is 2.00 bits per heavy atom. The highest BCUT2D eigenvalue weighted by Gasteiger charge is 2.27. The molecule has 0 atom stereocenters. The van der Waals surface area contributed by atoms with E-state index in [0.717, 1.165) is 12.5 Å². The molecule has 1 nitrogen and oxygen atoms in total. The first-order valence-electron chi connectivity index (χ1n) is 5.37. The van der Waals surface area contributed by atoms with Crippen LogP contribution in [0.3, 0.4) is 0 Å². The van der Waals surface area contributed by atoms with Crippen molar-refractivity contribution in [3.8, 4) is 0 Å². The molecule has 1 heteroatoms. The van der Waals surface area contributed by atoms with Crippen molar-refractivity contribution in [2.45, 2.75) is 52.4 Å². The van der Waals surface area contributed by atoms with Crippen LogP contribution in [-0.4, -0.2) is 6.54 Å². The van der Waals surface area contributed by atoms with Gasteiger partial charge in [-0.05, 0) is 30.7 Å². The lowest BCUT2D eigenvalue weighted by Crippen LogP contribution is -2.32. The van der Waals surface area contributed by atoms with Gasteiger partial charge in [0, 0.05) is 0 Å². The van der Waals surface area contributed by atoms with Gasteiger partial charge in [0.2, 0.25) is 0 Å². The smallest absolute Gasteiger partial charge is 0.00232 e. The van der Waals surface area contributed by atoms with Gasteiger partial charge < -0.3 is 5.73 Å². The summed E-state index contributed by atoms with van der Waals surface area (Å²) < 4.78 is 0. The van der Waals surface area contributed by atoms with Crippen LogP contribution in [0.25, 0.3) is 0 Å². The van der Waals surface area contributed by atoms with Gasteiger partial charge in [0.1, 0.15) is 0 Å². The van der Waals surface area contributed by atoms with Crippen molar-refractivity contribution in [3.63, 3.8) is 0 Å². The minimum atomic E-state index is 0.379. The molecule has 72 valence electrons. The first-order valence-corrected chi connectivity index (χ1v) is 5.37. The number of hydrogen-bond donors (Lipinski definition) is 1. The molecule has 12 heavy (non-hydrogen) atoms. The van der Waals surface area contributed by atoms with Gasteiger partial charge in [-0.3, -0.25) is 0 Å². The van der Waals surface area contributed by atoms with Gasteiger partial charge in [-0.15, -0.1) is 0 Å². The molecule has 0 aromatic carbocycles. The predicted octanol–water partition coefficient (Wildman–Crippen LogP) is 2.94. The third-order valence-corrected chi connectivity index (χ3v) is 3.49. The first kappa shape index (κ1) is 10.0. The van der Waals surface area contributed by atoms with Crippen molar-refractivity contribution in [1.82, 2.24) is 0 Å². The zero-order valence-corrected chi connectivity index (χ0v) is 8.60. The lowest BCUT2D eigenvalue weighted by molar-refractivity contribution is 0.198. The van der Waals surface area contributed by atoms with E-state index in [2.05, 4.69) is 13.8 Å². The Bertz CT molecular complexity index is 121. The van der Waals surface area contributed by atoms with E-state index in [0.29, 0.717) is 5.41 Å². The van der Waals surface area contributed by atoms with Crippen molar-refractivity contribution in [1.29, 1.82) is 0 Å². The van der Waals surface area contributed by atoms with Gasteiger partial charge in [0.25, 0.3) is 0 Å². The van der Waals surface area contributed by atoms with Crippen LogP contribution >= 0.6 is 0 Å². The van der Waals surface area contributed by atoms with Gasteiger partial charge >= 0.3 is 0 Å². The summed E-state index contributed by atoms with van der Waals surface area (Å²) in [6.07, 6.45) is 8.55. The second-order valence-corrected chi connectivity index (χ2v) is 4.88. The molecule has 0 aromatic heterocycles. The molecule has 1 aliphatic carbocycles. The van der Waals surface area contributed by atoms with Crippen LogP contribution in [-0.2, 0) is 0 Å². The molecule has 0 amide bonds. The molecule has 0 heterocycles. The summed E-state index contributed by atoms with van der Waals surface area (Å²) in [5, 5.41) is 0. The largest absolute Gasteiger partial charge is 0.330 e. The molecular weight excluding hydrogens is 146 g/mol. The molecule has 0 radical (unpaired) electrons. The molecule has 1 rings (SSSR count). The van der Waals surface area contributed by atoms with Gasteiger partial charge in [-0.2, -0.15) is 0 Å². The highest BCUT2D eigenvalue weighted by atomic mass is 14.6. The van der Waals surface area contributed by atoms with E-state index in [1.54, 1.807) is 0 Å². The third-order valence-electron chi connectivity index (χ3n) is 3.49. The summed E-state index contributed by atoms with van der Waals surface area (Å²) in [7, 11) is 0. The van der Waals surface area contributed by atoms with E-state index < -0.39 is 0 Å². The Kier molecular flexibility index (Phi) is 3.57. The summed E-state index contributed by atoms with van der Waals surface area (Å²) in [4.78, 5) is 0. The van der Waals surface area contributed by atoms with Crippen LogP contribution in [0.15, 0.2) is 0 Å².